The highest BCUT2D eigenvalue weighted by molar-refractivity contribution is 5.82. The maximum Gasteiger partial charge on any atom is 0.118 e. The zero-order valence-electron chi connectivity index (χ0n) is 11.1. The molecule has 0 aliphatic rings. The van der Waals surface area contributed by atoms with Gasteiger partial charge in [-0.25, -0.2) is 0 Å². The van der Waals surface area contributed by atoms with Gasteiger partial charge in [0.2, 0.25) is 0 Å². The highest BCUT2D eigenvalue weighted by atomic mass is 16.5. The maximum absolute atomic E-state index is 5.09. The molecule has 0 aliphatic heterocycles. The molecule has 0 saturated heterocycles. The Balaban J connectivity index is 1.96. The van der Waals surface area contributed by atoms with E-state index >= 15 is 0 Å². The van der Waals surface area contributed by atoms with Crippen LogP contribution in [0.25, 0.3) is 0 Å². The fraction of sp³-hybridized carbons (Fsp3) is 0.125. The number of benzene rings is 2. The van der Waals surface area contributed by atoms with Crippen molar-refractivity contribution in [2.75, 3.05) is 7.11 Å². The van der Waals surface area contributed by atoms with E-state index in [-0.39, 0.29) is 0 Å². The third-order valence-electron chi connectivity index (χ3n) is 2.67. The second-order valence-corrected chi connectivity index (χ2v) is 4.17. The molecule has 2 rings (SSSR count). The number of hydrogen-bond donors (Lipinski definition) is 0. The lowest BCUT2D eigenvalue weighted by molar-refractivity contribution is 0.415. The molecule has 0 bridgehead atoms. The molecule has 19 heavy (non-hydrogen) atoms. The summed E-state index contributed by atoms with van der Waals surface area (Å²) in [5.41, 5.74) is 3.26. The van der Waals surface area contributed by atoms with Gasteiger partial charge in [0.05, 0.1) is 19.5 Å². The molecule has 0 N–H and O–H groups in total. The minimum absolute atomic E-state index is 0.834. The van der Waals surface area contributed by atoms with Crippen molar-refractivity contribution in [3.8, 4) is 5.75 Å². The van der Waals surface area contributed by atoms with E-state index in [1.54, 1.807) is 19.5 Å². The number of methoxy groups -OCH3 is 1. The van der Waals surface area contributed by atoms with Crippen molar-refractivity contribution in [1.82, 2.24) is 0 Å². The summed E-state index contributed by atoms with van der Waals surface area (Å²) in [5.74, 6) is 0.834. The number of ether oxygens (including phenoxy) is 1. The van der Waals surface area contributed by atoms with Gasteiger partial charge in [-0.1, -0.05) is 29.8 Å². The smallest absolute Gasteiger partial charge is 0.118 e. The number of aryl methyl sites for hydroxylation is 1. The first-order valence-electron chi connectivity index (χ1n) is 6.05. The van der Waals surface area contributed by atoms with Crippen LogP contribution in [-0.4, -0.2) is 19.5 Å². The molecule has 0 unspecified atom stereocenters. The molecule has 3 heteroatoms. The quantitative estimate of drug-likeness (QED) is 0.606. The molecule has 0 radical (unpaired) electrons. The van der Waals surface area contributed by atoms with Gasteiger partial charge in [0.25, 0.3) is 0 Å². The molecule has 0 heterocycles. The molecule has 0 aliphatic carbocycles. The number of hydrogen-bond acceptors (Lipinski definition) is 3. The molecule has 0 amide bonds. The van der Waals surface area contributed by atoms with Crippen molar-refractivity contribution in [1.29, 1.82) is 0 Å². The predicted octanol–water partition coefficient (Wildman–Crippen LogP) is 3.46. The van der Waals surface area contributed by atoms with Gasteiger partial charge in [0.1, 0.15) is 5.75 Å². The molecule has 0 atom stereocenters. The van der Waals surface area contributed by atoms with E-state index in [9.17, 15) is 0 Å². The van der Waals surface area contributed by atoms with E-state index < -0.39 is 0 Å². The van der Waals surface area contributed by atoms with E-state index in [1.165, 1.54) is 5.56 Å². The van der Waals surface area contributed by atoms with Crippen molar-refractivity contribution >= 4 is 12.4 Å². The Kier molecular flexibility index (Phi) is 4.45. The summed E-state index contributed by atoms with van der Waals surface area (Å²) in [7, 11) is 1.65. The van der Waals surface area contributed by atoms with Crippen LogP contribution in [-0.2, 0) is 0 Å². The molecule has 96 valence electrons. The Morgan fingerprint density at radius 3 is 1.74 bits per heavy atom. The second-order valence-electron chi connectivity index (χ2n) is 4.17. The van der Waals surface area contributed by atoms with Crippen molar-refractivity contribution in [3.63, 3.8) is 0 Å². The summed E-state index contributed by atoms with van der Waals surface area (Å²) in [6.45, 7) is 2.06. The van der Waals surface area contributed by atoms with Gasteiger partial charge >= 0.3 is 0 Å². The highest BCUT2D eigenvalue weighted by Crippen LogP contribution is 2.09. The standard InChI is InChI=1S/C16H16N2O/c1-13-3-5-14(6-4-13)11-17-18-12-15-7-9-16(19-2)10-8-15/h3-12H,1-2H3/b17-11+,18-12+. The Morgan fingerprint density at radius 2 is 1.26 bits per heavy atom. The Hall–Kier alpha value is -2.42. The fourth-order valence-electron chi connectivity index (χ4n) is 1.54. The van der Waals surface area contributed by atoms with Gasteiger partial charge in [-0.3, -0.25) is 0 Å². The van der Waals surface area contributed by atoms with E-state index in [0.717, 1.165) is 16.9 Å². The summed E-state index contributed by atoms with van der Waals surface area (Å²) in [5, 5.41) is 8.04. The second kappa shape index (κ2) is 6.50. The first kappa shape index (κ1) is 13.0. The summed E-state index contributed by atoms with van der Waals surface area (Å²) in [6.07, 6.45) is 3.45. The van der Waals surface area contributed by atoms with Crippen molar-refractivity contribution in [2.24, 2.45) is 10.2 Å². The van der Waals surface area contributed by atoms with E-state index in [1.807, 2.05) is 36.4 Å². The molecule has 0 fully saturated rings. The lowest BCUT2D eigenvalue weighted by atomic mass is 10.2. The van der Waals surface area contributed by atoms with E-state index in [0.29, 0.717) is 0 Å². The van der Waals surface area contributed by atoms with E-state index in [4.69, 9.17) is 4.74 Å². The van der Waals surface area contributed by atoms with Gasteiger partial charge in [0, 0.05) is 0 Å². The third-order valence-corrected chi connectivity index (χ3v) is 2.67. The third kappa shape index (κ3) is 4.07. The van der Waals surface area contributed by atoms with Crippen LogP contribution in [0, 0.1) is 6.92 Å². The zero-order chi connectivity index (χ0) is 13.5. The van der Waals surface area contributed by atoms with Crippen LogP contribution in [0.3, 0.4) is 0 Å². The zero-order valence-corrected chi connectivity index (χ0v) is 11.1. The van der Waals surface area contributed by atoms with Crippen LogP contribution >= 0.6 is 0 Å². The van der Waals surface area contributed by atoms with Crippen LogP contribution in [0.5, 0.6) is 5.75 Å². The molecule has 0 spiro atoms. The minimum atomic E-state index is 0.834. The summed E-state index contributed by atoms with van der Waals surface area (Å²) in [6, 6.07) is 15.8. The summed E-state index contributed by atoms with van der Waals surface area (Å²) in [4.78, 5) is 0. The maximum atomic E-state index is 5.09. The predicted molar refractivity (Wildman–Crippen MR) is 79.4 cm³/mol. The average molecular weight is 252 g/mol. The monoisotopic (exact) mass is 252 g/mol. The summed E-state index contributed by atoms with van der Waals surface area (Å²) < 4.78 is 5.09. The molecule has 0 aromatic heterocycles. The molecule has 2 aromatic carbocycles. The van der Waals surface area contributed by atoms with Crippen LogP contribution in [0.4, 0.5) is 0 Å². The lowest BCUT2D eigenvalue weighted by Gasteiger charge is -1.97. The average Bonchev–Trinajstić information content (AvgIpc) is 2.46. The van der Waals surface area contributed by atoms with Gasteiger partial charge < -0.3 is 4.74 Å². The van der Waals surface area contributed by atoms with Crippen molar-refractivity contribution in [2.45, 2.75) is 6.92 Å². The number of nitrogens with zero attached hydrogens (tertiary/aromatic N) is 2. The first-order chi connectivity index (χ1) is 9.28. The molecular weight excluding hydrogens is 236 g/mol. The van der Waals surface area contributed by atoms with Crippen LogP contribution in [0.1, 0.15) is 16.7 Å². The van der Waals surface area contributed by atoms with Crippen molar-refractivity contribution in [3.05, 3.63) is 65.2 Å². The SMILES string of the molecule is COc1ccc(/C=N/N=C/c2ccc(C)cc2)cc1. The van der Waals surface area contributed by atoms with Gasteiger partial charge in [0.15, 0.2) is 0 Å². The summed E-state index contributed by atoms with van der Waals surface area (Å²) >= 11 is 0. The minimum Gasteiger partial charge on any atom is -0.497 e. The Labute approximate surface area is 113 Å². The fourth-order valence-corrected chi connectivity index (χ4v) is 1.54. The number of rotatable bonds is 4. The van der Waals surface area contributed by atoms with Gasteiger partial charge in [-0.05, 0) is 42.3 Å². The normalized spacial score (nSPS) is 11.3. The molecule has 0 saturated carbocycles. The van der Waals surface area contributed by atoms with Crippen LogP contribution in [0.2, 0.25) is 0 Å². The topological polar surface area (TPSA) is 34.0 Å². The largest absolute Gasteiger partial charge is 0.497 e. The van der Waals surface area contributed by atoms with Gasteiger partial charge in [-0.2, -0.15) is 10.2 Å². The molecular formula is C16H16N2O. The highest BCUT2D eigenvalue weighted by Gasteiger charge is 1.90. The van der Waals surface area contributed by atoms with Crippen molar-refractivity contribution < 1.29 is 4.74 Å². The molecule has 2 aromatic rings. The van der Waals surface area contributed by atoms with Crippen LogP contribution in [0.15, 0.2) is 58.7 Å². The Bertz CT molecular complexity index is 569. The molecule has 3 nitrogen and oxygen atoms in total. The van der Waals surface area contributed by atoms with Gasteiger partial charge in [-0.15, -0.1) is 0 Å². The lowest BCUT2D eigenvalue weighted by Crippen LogP contribution is -1.84. The Morgan fingerprint density at radius 1 is 0.789 bits per heavy atom. The first-order valence-corrected chi connectivity index (χ1v) is 6.05. The van der Waals surface area contributed by atoms with E-state index in [2.05, 4.69) is 29.3 Å². The van der Waals surface area contributed by atoms with Crippen LogP contribution < -0.4 is 4.74 Å².